The highest BCUT2D eigenvalue weighted by molar-refractivity contribution is 7.94. The molecule has 0 bridgehead atoms. The molecule has 334 valence electrons. The molecule has 0 amide bonds. The van der Waals surface area contributed by atoms with Crippen LogP contribution in [0.5, 0.6) is 17.2 Å². The van der Waals surface area contributed by atoms with E-state index in [4.69, 9.17) is 15.2 Å². The van der Waals surface area contributed by atoms with Crippen molar-refractivity contribution in [3.63, 3.8) is 0 Å². The normalized spacial score (nSPS) is 12.3. The quantitative estimate of drug-likeness (QED) is 0.0114. The molecule has 0 saturated heterocycles. The summed E-state index contributed by atoms with van der Waals surface area (Å²) in [5, 5.41) is 76.5. The standard InChI is InChI=1S/C36H31N9O16S3/c37-19-5-7-24(30(13-19)64(56,57)58)39-40-25-16-28(60-11-9-47)26(17-27(25)59-10-8-46)41-42-31-29(62-61-52)12-18-4-6-20(14-23(18)34(31)48)38-43-32-33(36(50)51)44-45(35(32)49)21-2-1-3-22(15-21)63(53,54)55/h1-7,12-17,44,46-48,52H,8-11,37H2,(H,50,51)(H,53,54,55)(H,56,57,58). The summed E-state index contributed by atoms with van der Waals surface area (Å²) in [5.41, 5.74) is 2.18. The van der Waals surface area contributed by atoms with Crippen molar-refractivity contribution < 1.29 is 70.2 Å². The lowest BCUT2D eigenvalue weighted by Crippen LogP contribution is -2.14. The van der Waals surface area contributed by atoms with Crippen LogP contribution in [-0.4, -0.2) is 93.8 Å². The topological polar surface area (TPSA) is 393 Å². The Labute approximate surface area is 363 Å². The number of fused-ring (bicyclic) bond motifs is 1. The van der Waals surface area contributed by atoms with E-state index in [1.54, 1.807) is 0 Å². The zero-order chi connectivity index (χ0) is 46.3. The molecule has 0 atom stereocenters. The van der Waals surface area contributed by atoms with E-state index in [0.717, 1.165) is 18.2 Å². The second-order valence-corrected chi connectivity index (χ2v) is 16.2. The van der Waals surface area contributed by atoms with Crippen molar-refractivity contribution in [2.24, 2.45) is 30.7 Å². The molecular weight excluding hydrogens is 911 g/mol. The predicted octanol–water partition coefficient (Wildman–Crippen LogP) is 6.28. The van der Waals surface area contributed by atoms with Gasteiger partial charge < -0.3 is 35.6 Å². The van der Waals surface area contributed by atoms with Gasteiger partial charge in [0.2, 0.25) is 0 Å². The Hall–Kier alpha value is -7.15. The number of aromatic amines is 1. The van der Waals surface area contributed by atoms with Crippen molar-refractivity contribution in [3.05, 3.63) is 94.9 Å². The molecule has 0 radical (unpaired) electrons. The summed E-state index contributed by atoms with van der Waals surface area (Å²) in [6, 6.07) is 15.9. The number of azo groups is 3. The molecule has 0 saturated carbocycles. The van der Waals surface area contributed by atoms with E-state index < -0.39 is 71.9 Å². The summed E-state index contributed by atoms with van der Waals surface area (Å²) in [6.45, 7) is -1.50. The Morgan fingerprint density at radius 1 is 0.766 bits per heavy atom. The average molecular weight is 942 g/mol. The van der Waals surface area contributed by atoms with Gasteiger partial charge in [-0.2, -0.15) is 26.3 Å². The second kappa shape index (κ2) is 19.5. The van der Waals surface area contributed by atoms with E-state index in [1.807, 2.05) is 0 Å². The molecule has 64 heavy (non-hydrogen) atoms. The Kier molecular flexibility index (Phi) is 14.1. The number of hydrogen-bond acceptors (Lipinski definition) is 21. The van der Waals surface area contributed by atoms with Gasteiger partial charge in [0.25, 0.3) is 25.8 Å². The lowest BCUT2D eigenvalue weighted by atomic mass is 10.1. The molecule has 6 rings (SSSR count). The number of benzene rings is 5. The number of phenolic OH excluding ortho intramolecular Hbond substituents is 1. The average Bonchev–Trinajstić information content (AvgIpc) is 3.59. The summed E-state index contributed by atoms with van der Waals surface area (Å²) in [4.78, 5) is 24.2. The molecule has 5 aromatic carbocycles. The Morgan fingerprint density at radius 2 is 1.41 bits per heavy atom. The molecule has 1 aromatic heterocycles. The van der Waals surface area contributed by atoms with E-state index in [2.05, 4.69) is 40.1 Å². The summed E-state index contributed by atoms with van der Waals surface area (Å²) >= 11 is 0.373. The van der Waals surface area contributed by atoms with Crippen LogP contribution in [0.2, 0.25) is 0 Å². The molecule has 0 aliphatic heterocycles. The number of aliphatic hydroxyl groups is 2. The molecule has 1 heterocycles. The van der Waals surface area contributed by atoms with Crippen LogP contribution in [0.15, 0.2) is 129 Å². The molecule has 0 fully saturated rings. The van der Waals surface area contributed by atoms with Crippen molar-refractivity contribution in [2.45, 2.75) is 14.7 Å². The fourth-order valence-corrected chi connectivity index (χ4v) is 7.25. The van der Waals surface area contributed by atoms with Gasteiger partial charge in [0.1, 0.15) is 52.4 Å². The first-order valence-corrected chi connectivity index (χ1v) is 21.3. The van der Waals surface area contributed by atoms with Gasteiger partial charge in [-0.25, -0.2) is 14.7 Å². The molecular formula is C36H31N9O16S3. The van der Waals surface area contributed by atoms with Crippen LogP contribution in [0.1, 0.15) is 10.5 Å². The van der Waals surface area contributed by atoms with Crippen LogP contribution in [-0.2, 0) is 24.6 Å². The van der Waals surface area contributed by atoms with Crippen LogP contribution in [0.4, 0.5) is 39.8 Å². The highest BCUT2D eigenvalue weighted by Gasteiger charge is 2.23. The Balaban J connectivity index is 1.41. The molecule has 0 unspecified atom stereocenters. The number of H-pyrrole nitrogens is 1. The van der Waals surface area contributed by atoms with Crippen LogP contribution >= 0.6 is 12.0 Å². The number of anilines is 1. The molecule has 10 N–H and O–H groups in total. The van der Waals surface area contributed by atoms with Gasteiger partial charge >= 0.3 is 5.97 Å². The fourth-order valence-electron chi connectivity index (χ4n) is 5.60. The minimum absolute atomic E-state index is 0.00713. The minimum Gasteiger partial charge on any atom is -0.505 e. The lowest BCUT2D eigenvalue weighted by molar-refractivity contribution is -0.116. The number of nitrogens with two attached hydrogens (primary N) is 1. The number of nitrogens with zero attached hydrogens (tertiary/aromatic N) is 7. The Morgan fingerprint density at radius 3 is 2.02 bits per heavy atom. The van der Waals surface area contributed by atoms with Gasteiger partial charge in [-0.05, 0) is 60.0 Å². The number of aliphatic hydroxyl groups excluding tert-OH is 2. The van der Waals surface area contributed by atoms with Gasteiger partial charge in [0, 0.05) is 23.2 Å². The zero-order valence-electron chi connectivity index (χ0n) is 32.1. The van der Waals surface area contributed by atoms with E-state index >= 15 is 0 Å². The number of carboxylic acids is 1. The largest absolute Gasteiger partial charge is 0.505 e. The monoisotopic (exact) mass is 941 g/mol. The number of rotatable bonds is 18. The van der Waals surface area contributed by atoms with Crippen molar-refractivity contribution in [2.75, 3.05) is 32.2 Å². The summed E-state index contributed by atoms with van der Waals surface area (Å²) in [5.74, 6) is -2.40. The van der Waals surface area contributed by atoms with E-state index in [-0.39, 0.29) is 74.8 Å². The minimum atomic E-state index is -4.79. The third-order valence-electron chi connectivity index (χ3n) is 8.41. The van der Waals surface area contributed by atoms with Gasteiger partial charge in [0.15, 0.2) is 17.1 Å². The second-order valence-electron chi connectivity index (χ2n) is 12.6. The number of nitrogens with one attached hydrogen (secondary N) is 1. The molecule has 25 nitrogen and oxygen atoms in total. The highest BCUT2D eigenvalue weighted by Crippen LogP contribution is 2.47. The summed E-state index contributed by atoms with van der Waals surface area (Å²) < 4.78 is 82.6. The number of hydrogen-bond donors (Lipinski definition) is 9. The van der Waals surface area contributed by atoms with Crippen LogP contribution in [0.3, 0.4) is 0 Å². The number of aromatic carboxylic acids is 1. The number of aromatic hydroxyl groups is 1. The first kappa shape index (κ1) is 46.4. The van der Waals surface area contributed by atoms with Crippen molar-refractivity contribution >= 4 is 88.8 Å². The maximum absolute atomic E-state index is 13.3. The van der Waals surface area contributed by atoms with Gasteiger partial charge in [0.05, 0.1) is 46.4 Å². The van der Waals surface area contributed by atoms with E-state index in [9.17, 15) is 61.2 Å². The van der Waals surface area contributed by atoms with E-state index in [1.165, 1.54) is 60.7 Å². The molecule has 0 spiro atoms. The van der Waals surface area contributed by atoms with Crippen LogP contribution in [0.25, 0.3) is 16.5 Å². The predicted molar refractivity (Wildman–Crippen MR) is 223 cm³/mol. The van der Waals surface area contributed by atoms with Gasteiger partial charge in [-0.1, -0.05) is 12.1 Å². The first-order valence-electron chi connectivity index (χ1n) is 17.6. The van der Waals surface area contributed by atoms with Crippen molar-refractivity contribution in [1.82, 2.24) is 9.78 Å². The van der Waals surface area contributed by atoms with Crippen LogP contribution < -0.4 is 20.8 Å². The third-order valence-corrected chi connectivity index (χ3v) is 10.7. The van der Waals surface area contributed by atoms with Gasteiger partial charge in [-0.3, -0.25) is 19.0 Å². The zero-order valence-corrected chi connectivity index (χ0v) is 34.5. The number of nitrogen functional groups attached to an aromatic ring is 1. The highest BCUT2D eigenvalue weighted by atomic mass is 32.2. The molecule has 28 heteroatoms. The van der Waals surface area contributed by atoms with Crippen molar-refractivity contribution in [3.8, 4) is 22.9 Å². The number of aromatic nitrogens is 2. The number of ether oxygens (including phenoxy) is 2. The number of carbonyl (C=O) groups is 1. The number of phenols is 1. The Bertz CT molecular complexity index is 3160. The number of carboxylic acid groups (broad SMARTS) is 1. The van der Waals surface area contributed by atoms with E-state index in [0.29, 0.717) is 22.1 Å². The third kappa shape index (κ3) is 10.5. The lowest BCUT2D eigenvalue weighted by Gasteiger charge is -2.13. The molecule has 0 aliphatic rings. The maximum atomic E-state index is 13.3. The summed E-state index contributed by atoms with van der Waals surface area (Å²) in [7, 11) is -9.48. The summed E-state index contributed by atoms with van der Waals surface area (Å²) in [6.07, 6.45) is 0. The van der Waals surface area contributed by atoms with Gasteiger partial charge in [-0.15, -0.1) is 25.6 Å². The molecule has 6 aromatic rings. The maximum Gasteiger partial charge on any atom is 0.356 e. The SMILES string of the molecule is Nc1ccc(N=Nc2cc(OCCO)c(N=Nc3c(SOO)cc4ccc(N=Nc5c(C(=O)O)[nH]n(-c6cccc(S(=O)(=O)O)c6)c5=O)cc4c3O)cc2OCCO)c(S(=O)(=O)O)c1. The molecule has 0 aliphatic carbocycles. The fraction of sp³-hybridized carbons (Fsp3) is 0.111. The smallest absolute Gasteiger partial charge is 0.356 e. The van der Waals surface area contributed by atoms with Crippen molar-refractivity contribution in [1.29, 1.82) is 0 Å². The first-order chi connectivity index (χ1) is 30.4. The van der Waals surface area contributed by atoms with Crippen LogP contribution in [0, 0.1) is 0 Å².